The second-order valence-corrected chi connectivity index (χ2v) is 6.19. The third kappa shape index (κ3) is 4.56. The molecular formula is C13H8F5N3O3S2. The Labute approximate surface area is 149 Å². The Kier molecular flexibility index (Phi) is 5.63. The fourth-order valence-corrected chi connectivity index (χ4v) is 2.32. The van der Waals surface area contributed by atoms with Gasteiger partial charge in [0, 0.05) is 5.69 Å². The van der Waals surface area contributed by atoms with Crippen molar-refractivity contribution in [2.45, 2.75) is 0 Å². The zero-order valence-corrected chi connectivity index (χ0v) is 14.0. The highest BCUT2D eigenvalue weighted by Crippen LogP contribution is 2.27. The van der Waals surface area contributed by atoms with Gasteiger partial charge in [0.15, 0.2) is 28.4 Å². The summed E-state index contributed by atoms with van der Waals surface area (Å²) in [7, 11) is -4.22. The van der Waals surface area contributed by atoms with Gasteiger partial charge in [0.05, 0.1) is 0 Å². The van der Waals surface area contributed by atoms with Gasteiger partial charge in [-0.15, -0.1) is 0 Å². The molecule has 0 unspecified atom stereocenters. The predicted molar refractivity (Wildman–Crippen MR) is 86.3 cm³/mol. The second kappa shape index (κ2) is 7.39. The van der Waals surface area contributed by atoms with Gasteiger partial charge in [0.2, 0.25) is 5.82 Å². The van der Waals surface area contributed by atoms with Gasteiger partial charge in [-0.1, -0.05) is 0 Å². The van der Waals surface area contributed by atoms with E-state index in [1.807, 2.05) is 5.32 Å². The van der Waals surface area contributed by atoms with Gasteiger partial charge >= 0.3 is 10.3 Å². The van der Waals surface area contributed by atoms with Gasteiger partial charge in [-0.2, -0.15) is 13.6 Å². The van der Waals surface area contributed by atoms with Crippen molar-refractivity contribution < 1.29 is 34.6 Å². The third-order valence-electron chi connectivity index (χ3n) is 2.77. The minimum atomic E-state index is -4.22. The lowest BCUT2D eigenvalue weighted by molar-refractivity contribution is 0.382. The Morgan fingerprint density at radius 1 is 0.885 bits per heavy atom. The number of thiocarbonyl (C=S) groups is 1. The molecule has 0 amide bonds. The molecule has 0 aliphatic carbocycles. The molecular weight excluding hydrogens is 405 g/mol. The zero-order valence-electron chi connectivity index (χ0n) is 12.3. The number of nitrogens with one attached hydrogen (secondary N) is 2. The molecule has 0 saturated heterocycles. The minimum Gasteiger partial charge on any atom is -0.371 e. The van der Waals surface area contributed by atoms with Crippen LogP contribution in [0.1, 0.15) is 0 Å². The fourth-order valence-electron chi connectivity index (χ4n) is 1.72. The van der Waals surface area contributed by atoms with Gasteiger partial charge in [-0.3, -0.25) is 0 Å². The molecule has 0 aliphatic rings. The first kappa shape index (κ1) is 19.8. The molecule has 0 aliphatic heterocycles. The van der Waals surface area contributed by atoms with E-state index in [0.29, 0.717) is 0 Å². The topological polar surface area (TPSA) is 93.5 Å². The van der Waals surface area contributed by atoms with Crippen LogP contribution < -0.4 is 20.0 Å². The molecule has 4 N–H and O–H groups in total. The van der Waals surface area contributed by atoms with Crippen molar-refractivity contribution in [1.29, 1.82) is 0 Å². The molecule has 0 radical (unpaired) electrons. The highest BCUT2D eigenvalue weighted by atomic mass is 32.2. The predicted octanol–water partition coefficient (Wildman–Crippen LogP) is 2.77. The summed E-state index contributed by atoms with van der Waals surface area (Å²) in [6.07, 6.45) is 0. The van der Waals surface area contributed by atoms with Crippen molar-refractivity contribution in [3.8, 4) is 5.75 Å². The van der Waals surface area contributed by atoms with E-state index in [1.165, 1.54) is 24.3 Å². The molecule has 0 atom stereocenters. The monoisotopic (exact) mass is 413 g/mol. The first-order valence-electron chi connectivity index (χ1n) is 6.41. The largest absolute Gasteiger partial charge is 0.380 e. The smallest absolute Gasteiger partial charge is 0.371 e. The SMILES string of the molecule is NS(=O)(=O)Oc1ccc(NC(=S)Nc2c(F)c(F)c(F)c(F)c2F)cc1. The number of anilines is 2. The van der Waals surface area contributed by atoms with Crippen LogP contribution in [-0.4, -0.2) is 13.5 Å². The lowest BCUT2D eigenvalue weighted by atomic mass is 10.2. The van der Waals surface area contributed by atoms with Gasteiger partial charge in [-0.05, 0) is 36.5 Å². The lowest BCUT2D eigenvalue weighted by Gasteiger charge is -2.13. The van der Waals surface area contributed by atoms with Gasteiger partial charge in [0.25, 0.3) is 0 Å². The second-order valence-electron chi connectivity index (χ2n) is 4.62. The van der Waals surface area contributed by atoms with E-state index < -0.39 is 50.2 Å². The molecule has 2 rings (SSSR count). The minimum absolute atomic E-state index is 0.128. The number of hydrogen-bond acceptors (Lipinski definition) is 4. The Morgan fingerprint density at radius 2 is 1.35 bits per heavy atom. The van der Waals surface area contributed by atoms with Crippen LogP contribution in [0.5, 0.6) is 5.75 Å². The first-order valence-corrected chi connectivity index (χ1v) is 8.29. The molecule has 0 aromatic heterocycles. The maximum absolute atomic E-state index is 13.6. The maximum Gasteiger partial charge on any atom is 0.380 e. The van der Waals surface area contributed by atoms with Crippen molar-refractivity contribution in [2.75, 3.05) is 10.6 Å². The maximum atomic E-state index is 13.6. The first-order chi connectivity index (χ1) is 12.0. The Bertz CT molecular complexity index is 939. The van der Waals surface area contributed by atoms with E-state index in [1.54, 1.807) is 0 Å². The molecule has 26 heavy (non-hydrogen) atoms. The summed E-state index contributed by atoms with van der Waals surface area (Å²) in [4.78, 5) is 0. The Balaban J connectivity index is 2.15. The van der Waals surface area contributed by atoms with Crippen molar-refractivity contribution in [1.82, 2.24) is 0 Å². The molecule has 140 valence electrons. The van der Waals surface area contributed by atoms with Gasteiger partial charge < -0.3 is 14.8 Å². The molecule has 2 aromatic carbocycles. The van der Waals surface area contributed by atoms with E-state index in [9.17, 15) is 30.4 Å². The van der Waals surface area contributed by atoms with Crippen molar-refractivity contribution >= 4 is 39.0 Å². The van der Waals surface area contributed by atoms with Crippen LogP contribution in [0.15, 0.2) is 24.3 Å². The molecule has 0 spiro atoms. The molecule has 0 bridgehead atoms. The zero-order chi connectivity index (χ0) is 19.6. The number of nitrogens with two attached hydrogens (primary N) is 1. The Hall–Kier alpha value is -2.51. The van der Waals surface area contributed by atoms with Gasteiger partial charge in [-0.25, -0.2) is 22.0 Å². The average molecular weight is 413 g/mol. The molecule has 0 heterocycles. The summed E-state index contributed by atoms with van der Waals surface area (Å²) >= 11 is 4.74. The van der Waals surface area contributed by atoms with E-state index in [4.69, 9.17) is 12.2 Å². The summed E-state index contributed by atoms with van der Waals surface area (Å²) in [5.74, 6) is -10.8. The summed E-state index contributed by atoms with van der Waals surface area (Å²) in [5, 5.41) is 8.45. The van der Waals surface area contributed by atoms with E-state index in [-0.39, 0.29) is 11.4 Å². The highest BCUT2D eigenvalue weighted by molar-refractivity contribution is 7.84. The molecule has 6 nitrogen and oxygen atoms in total. The van der Waals surface area contributed by atoms with E-state index >= 15 is 0 Å². The summed E-state index contributed by atoms with van der Waals surface area (Å²) in [5.41, 5.74) is -1.14. The molecule has 0 saturated carbocycles. The number of rotatable bonds is 4. The van der Waals surface area contributed by atoms with Crippen LogP contribution in [0.2, 0.25) is 0 Å². The quantitative estimate of drug-likeness (QED) is 0.309. The molecule has 2 aromatic rings. The molecule has 0 fully saturated rings. The summed E-state index contributed by atoms with van der Waals surface area (Å²) in [6, 6.07) is 4.86. The van der Waals surface area contributed by atoms with Crippen molar-refractivity contribution in [2.24, 2.45) is 5.14 Å². The van der Waals surface area contributed by atoms with Gasteiger partial charge in [0.1, 0.15) is 11.4 Å². The van der Waals surface area contributed by atoms with Crippen LogP contribution in [-0.2, 0) is 10.3 Å². The average Bonchev–Trinajstić information content (AvgIpc) is 2.55. The lowest BCUT2D eigenvalue weighted by Crippen LogP contribution is -2.22. The van der Waals surface area contributed by atoms with Crippen LogP contribution in [0.25, 0.3) is 0 Å². The highest BCUT2D eigenvalue weighted by Gasteiger charge is 2.26. The third-order valence-corrected chi connectivity index (χ3v) is 3.40. The molecule has 13 heteroatoms. The van der Waals surface area contributed by atoms with Crippen LogP contribution in [0.4, 0.5) is 33.3 Å². The normalized spacial score (nSPS) is 11.2. The van der Waals surface area contributed by atoms with E-state index in [0.717, 1.165) is 0 Å². The van der Waals surface area contributed by atoms with Crippen molar-refractivity contribution in [3.05, 3.63) is 53.4 Å². The van der Waals surface area contributed by atoms with Crippen molar-refractivity contribution in [3.63, 3.8) is 0 Å². The van der Waals surface area contributed by atoms with Crippen LogP contribution >= 0.6 is 12.2 Å². The van der Waals surface area contributed by atoms with Crippen LogP contribution in [0.3, 0.4) is 0 Å². The Morgan fingerprint density at radius 3 is 1.81 bits per heavy atom. The van der Waals surface area contributed by atoms with E-state index in [2.05, 4.69) is 14.6 Å². The van der Waals surface area contributed by atoms with Crippen LogP contribution in [0, 0.1) is 29.1 Å². The summed E-state index contributed by atoms with van der Waals surface area (Å²) < 4.78 is 92.2. The standard InChI is InChI=1S/C13H8F5N3O3S2/c14-7-8(15)10(17)12(11(18)9(7)16)21-13(25)20-5-1-3-6(4-2-5)24-26(19,22)23/h1-4H,(H2,19,22,23)(H2,20,21,25). The number of benzene rings is 2. The number of halogens is 5. The fraction of sp³-hybridized carbons (Fsp3) is 0. The summed E-state index contributed by atoms with van der Waals surface area (Å²) in [6.45, 7) is 0. The number of hydrogen-bond donors (Lipinski definition) is 3.